The van der Waals surface area contributed by atoms with Gasteiger partial charge in [-0.3, -0.25) is 4.79 Å². The minimum atomic E-state index is -0.339. The molecule has 0 saturated carbocycles. The van der Waals surface area contributed by atoms with Crippen LogP contribution in [0.25, 0.3) is 33.5 Å². The molecule has 222 valence electrons. The summed E-state index contributed by atoms with van der Waals surface area (Å²) < 4.78 is 25.7. The van der Waals surface area contributed by atoms with E-state index in [1.54, 1.807) is 55.8 Å². The van der Waals surface area contributed by atoms with Crippen LogP contribution in [0.4, 0.5) is 0 Å². The van der Waals surface area contributed by atoms with E-state index in [0.717, 1.165) is 14.5 Å². The van der Waals surface area contributed by atoms with E-state index in [1.165, 1.54) is 4.68 Å². The van der Waals surface area contributed by atoms with Gasteiger partial charge in [-0.05, 0) is 89.7 Å². The first-order chi connectivity index (χ1) is 21.4. The molecule has 8 nitrogen and oxygen atoms in total. The molecule has 0 saturated heterocycles. The van der Waals surface area contributed by atoms with Gasteiger partial charge in [0, 0.05) is 15.6 Å². The van der Waals surface area contributed by atoms with E-state index in [4.69, 9.17) is 46.8 Å². The fourth-order valence-corrected chi connectivity index (χ4v) is 5.94. The summed E-state index contributed by atoms with van der Waals surface area (Å²) in [5, 5.41) is 6.85. The molecule has 0 unspecified atom stereocenters. The Hall–Kier alpha value is -4.06. The third kappa shape index (κ3) is 5.99. The predicted octanol–water partition coefficient (Wildman–Crippen LogP) is 8.59. The highest BCUT2D eigenvalue weighted by atomic mass is 127. The van der Waals surface area contributed by atoms with Crippen molar-refractivity contribution >= 4 is 73.9 Å². The predicted molar refractivity (Wildman–Crippen MR) is 182 cm³/mol. The highest BCUT2D eigenvalue weighted by Gasteiger charge is 2.18. The van der Waals surface area contributed by atoms with Crippen molar-refractivity contribution in [3.8, 4) is 28.8 Å². The van der Waals surface area contributed by atoms with E-state index in [9.17, 15) is 4.79 Å². The van der Waals surface area contributed by atoms with E-state index in [1.807, 2.05) is 43.3 Å². The lowest BCUT2D eigenvalue weighted by atomic mass is 10.2. The zero-order chi connectivity index (χ0) is 30.8. The summed E-state index contributed by atoms with van der Waals surface area (Å²) in [6.45, 7) is 2.54. The van der Waals surface area contributed by atoms with Gasteiger partial charge in [-0.1, -0.05) is 47.5 Å². The van der Waals surface area contributed by atoms with E-state index in [0.29, 0.717) is 61.7 Å². The first-order valence-electron chi connectivity index (χ1n) is 13.5. The number of hydrogen-bond donors (Lipinski definition) is 0. The lowest BCUT2D eigenvalue weighted by Gasteiger charge is -2.15. The number of ether oxygens (including phenoxy) is 3. The standard InChI is InChI=1S/C33H24Cl2IN3O5/c1-3-42-29-14-19(13-25(36)31(29)43-18-20-11-12-21(34)15-24(20)35)17-37-39-32(38-26-8-5-4-7-22(26)33(39)40)30-16-23-27(41-2)9-6-10-28(23)44-30/h4-17H,3,18H2,1-2H3. The average molecular weight is 740 g/mol. The summed E-state index contributed by atoms with van der Waals surface area (Å²) in [5.74, 6) is 2.37. The minimum Gasteiger partial charge on any atom is -0.496 e. The average Bonchev–Trinajstić information content (AvgIpc) is 3.46. The second-order valence-electron chi connectivity index (χ2n) is 9.58. The molecule has 44 heavy (non-hydrogen) atoms. The number of methoxy groups -OCH3 is 1. The number of furan rings is 1. The Bertz CT molecular complexity index is 2110. The topological polar surface area (TPSA) is 88.1 Å². The quantitative estimate of drug-likeness (QED) is 0.109. The first-order valence-corrected chi connectivity index (χ1v) is 15.4. The highest BCUT2D eigenvalue weighted by Crippen LogP contribution is 2.36. The van der Waals surface area contributed by atoms with E-state index in [-0.39, 0.29) is 18.0 Å². The van der Waals surface area contributed by atoms with Crippen LogP contribution in [0.3, 0.4) is 0 Å². The van der Waals surface area contributed by atoms with Gasteiger partial charge in [0.2, 0.25) is 5.82 Å². The molecule has 4 aromatic carbocycles. The summed E-state index contributed by atoms with van der Waals surface area (Å²) in [6, 6.07) is 23.4. The number of para-hydroxylation sites is 1. The van der Waals surface area contributed by atoms with Gasteiger partial charge in [-0.2, -0.15) is 9.78 Å². The highest BCUT2D eigenvalue weighted by molar-refractivity contribution is 14.1. The lowest BCUT2D eigenvalue weighted by Crippen LogP contribution is -2.20. The van der Waals surface area contributed by atoms with E-state index in [2.05, 4.69) is 27.7 Å². The van der Waals surface area contributed by atoms with Gasteiger partial charge in [0.1, 0.15) is 17.9 Å². The van der Waals surface area contributed by atoms with Crippen molar-refractivity contribution < 1.29 is 18.6 Å². The van der Waals surface area contributed by atoms with Crippen LogP contribution in [0, 0.1) is 3.57 Å². The van der Waals surface area contributed by atoms with Crippen LogP contribution < -0.4 is 19.8 Å². The van der Waals surface area contributed by atoms with E-state index >= 15 is 0 Å². The molecule has 11 heteroatoms. The maximum Gasteiger partial charge on any atom is 0.282 e. The monoisotopic (exact) mass is 739 g/mol. The molecule has 0 aliphatic rings. The second kappa shape index (κ2) is 12.9. The molecule has 0 atom stereocenters. The van der Waals surface area contributed by atoms with Crippen LogP contribution in [-0.4, -0.2) is 29.6 Å². The molecular weight excluding hydrogens is 716 g/mol. The van der Waals surface area contributed by atoms with Gasteiger partial charge in [0.05, 0.1) is 39.8 Å². The fraction of sp³-hybridized carbons (Fsp3) is 0.121. The first kappa shape index (κ1) is 30.0. The van der Waals surface area contributed by atoms with Crippen molar-refractivity contribution in [1.29, 1.82) is 0 Å². The van der Waals surface area contributed by atoms with Crippen LogP contribution in [-0.2, 0) is 6.61 Å². The fourth-order valence-electron chi connectivity index (χ4n) is 4.69. The lowest BCUT2D eigenvalue weighted by molar-refractivity contribution is 0.267. The summed E-state index contributed by atoms with van der Waals surface area (Å²) in [7, 11) is 1.59. The number of aromatic nitrogens is 2. The van der Waals surface area contributed by atoms with Crippen molar-refractivity contribution in [2.24, 2.45) is 5.10 Å². The van der Waals surface area contributed by atoms with Gasteiger partial charge < -0.3 is 18.6 Å². The number of benzene rings is 4. The molecule has 2 aromatic heterocycles. The van der Waals surface area contributed by atoms with Crippen molar-refractivity contribution in [1.82, 2.24) is 9.66 Å². The van der Waals surface area contributed by atoms with Gasteiger partial charge in [-0.25, -0.2) is 4.98 Å². The number of hydrogen-bond acceptors (Lipinski definition) is 7. The number of fused-ring (bicyclic) bond motifs is 2. The summed E-state index contributed by atoms with van der Waals surface area (Å²) in [6.07, 6.45) is 1.58. The molecule has 0 fully saturated rings. The van der Waals surface area contributed by atoms with Crippen molar-refractivity contribution in [2.75, 3.05) is 13.7 Å². The van der Waals surface area contributed by atoms with Gasteiger partial charge >= 0.3 is 0 Å². The molecule has 0 aliphatic heterocycles. The van der Waals surface area contributed by atoms with Crippen molar-refractivity contribution in [3.63, 3.8) is 0 Å². The maximum atomic E-state index is 13.7. The third-order valence-electron chi connectivity index (χ3n) is 6.76. The number of rotatable bonds is 9. The van der Waals surface area contributed by atoms with Crippen LogP contribution >= 0.6 is 45.8 Å². The summed E-state index contributed by atoms with van der Waals surface area (Å²) >= 11 is 14.6. The summed E-state index contributed by atoms with van der Waals surface area (Å²) in [4.78, 5) is 18.5. The minimum absolute atomic E-state index is 0.226. The van der Waals surface area contributed by atoms with Gasteiger partial charge in [0.15, 0.2) is 17.3 Å². The Morgan fingerprint density at radius 1 is 0.977 bits per heavy atom. The van der Waals surface area contributed by atoms with Crippen LogP contribution in [0.1, 0.15) is 18.1 Å². The number of halogens is 3. The number of nitrogens with zero attached hydrogens (tertiary/aromatic N) is 3. The van der Waals surface area contributed by atoms with Gasteiger partial charge in [-0.15, -0.1) is 0 Å². The molecule has 0 radical (unpaired) electrons. The Morgan fingerprint density at radius 2 is 1.82 bits per heavy atom. The summed E-state index contributed by atoms with van der Waals surface area (Å²) in [5.41, 5.74) is 2.27. The van der Waals surface area contributed by atoms with Crippen molar-refractivity contribution in [2.45, 2.75) is 13.5 Å². The molecule has 0 amide bonds. The normalized spacial score (nSPS) is 11.5. The molecule has 0 N–H and O–H groups in total. The SMILES string of the molecule is CCOc1cc(C=Nn2c(-c3cc4c(OC)cccc4o3)nc3ccccc3c2=O)cc(I)c1OCc1ccc(Cl)cc1Cl. The molecule has 0 aliphatic carbocycles. The molecule has 6 aromatic rings. The molecule has 6 rings (SSSR count). The maximum absolute atomic E-state index is 13.7. The Labute approximate surface area is 275 Å². The third-order valence-corrected chi connectivity index (χ3v) is 8.14. The van der Waals surface area contributed by atoms with Crippen molar-refractivity contribution in [3.05, 3.63) is 114 Å². The smallest absolute Gasteiger partial charge is 0.282 e. The zero-order valence-electron chi connectivity index (χ0n) is 23.5. The Balaban J connectivity index is 1.41. The van der Waals surface area contributed by atoms with Crippen LogP contribution in [0.2, 0.25) is 10.0 Å². The zero-order valence-corrected chi connectivity index (χ0v) is 27.2. The molecule has 0 spiro atoms. The van der Waals surface area contributed by atoms with Crippen LogP contribution in [0.15, 0.2) is 93.2 Å². The largest absolute Gasteiger partial charge is 0.496 e. The molecular formula is C33H24Cl2IN3O5. The van der Waals surface area contributed by atoms with Crippen LogP contribution in [0.5, 0.6) is 17.2 Å². The Morgan fingerprint density at radius 3 is 2.61 bits per heavy atom. The molecule has 2 heterocycles. The molecule has 0 bridgehead atoms. The van der Waals surface area contributed by atoms with Gasteiger partial charge in [0.25, 0.3) is 5.56 Å². The Kier molecular flexibility index (Phi) is 8.79. The second-order valence-corrected chi connectivity index (χ2v) is 11.6. The van der Waals surface area contributed by atoms with E-state index < -0.39 is 0 Å².